The summed E-state index contributed by atoms with van der Waals surface area (Å²) >= 11 is 0.611. The predicted molar refractivity (Wildman–Crippen MR) is 7.84 cm³/mol. The molecular formula is HAlCuFeLaO. The quantitative estimate of drug-likeness (QED) is 0.537. The van der Waals surface area contributed by atoms with Gasteiger partial charge in [-0.05, 0) is 0 Å². The molecule has 1 nitrogen and oxygen atoms in total. The first-order valence-corrected chi connectivity index (χ1v) is 0.866. The molecule has 2 radical (unpaired) electrons. The normalized spacial score (nSPS) is 0.600. The molecule has 0 unspecified atom stereocenters. The van der Waals surface area contributed by atoms with E-state index in [1.165, 1.54) is 0 Å². The minimum atomic E-state index is 0. The third-order valence-corrected chi connectivity index (χ3v) is 0. The fourth-order valence-corrected chi connectivity index (χ4v) is 0. The maximum atomic E-state index is 8.28. The summed E-state index contributed by atoms with van der Waals surface area (Å²) in [6, 6.07) is 0. The summed E-state index contributed by atoms with van der Waals surface area (Å²) in [5, 5.41) is 0. The van der Waals surface area contributed by atoms with Gasteiger partial charge >= 0.3 is 20.0 Å². The summed E-state index contributed by atoms with van der Waals surface area (Å²) in [7, 11) is 0. The number of hydrogen-bond acceptors (Lipinski definition) is 1. The third kappa shape index (κ3) is 20.8. The Morgan fingerprint density at radius 2 is 1.20 bits per heavy atom. The van der Waals surface area contributed by atoms with Crippen LogP contribution in [0.5, 0.6) is 0 Å². The molecule has 0 rings (SSSR count). The molecule has 0 aliphatic rings. The molecule has 0 aliphatic heterocycles. The van der Waals surface area contributed by atoms with Crippen molar-refractivity contribution >= 4 is 16.2 Å². The van der Waals surface area contributed by atoms with Gasteiger partial charge in [-0.3, -0.25) is 0 Å². The van der Waals surface area contributed by atoms with Crippen LogP contribution in [0.1, 0.15) is 0 Å². The molecule has 32 valence electrons. The molecule has 0 atom stereocenters. The first-order chi connectivity index (χ1) is 1.00. The molecule has 0 aromatic carbocycles. The molecule has 5 heteroatoms. The second-order valence-corrected chi connectivity index (χ2v) is 0. The molecular weight excluding hydrogens is 301 g/mol. The summed E-state index contributed by atoms with van der Waals surface area (Å²) in [5.74, 6) is 0. The van der Waals surface area contributed by atoms with Gasteiger partial charge in [0.05, 0.1) is 0 Å². The zero-order valence-corrected chi connectivity index (χ0v) is 9.43. The van der Waals surface area contributed by atoms with Gasteiger partial charge < -0.3 is 0 Å². The molecule has 0 amide bonds. The van der Waals surface area contributed by atoms with Gasteiger partial charge in [-0.15, -0.1) is 0 Å². The summed E-state index contributed by atoms with van der Waals surface area (Å²) in [4.78, 5) is 0. The first-order valence-electron chi connectivity index (χ1n) is 0.289. The Hall–Kier alpha value is 2.57. The van der Waals surface area contributed by atoms with E-state index < -0.39 is 0 Å². The van der Waals surface area contributed by atoms with Crippen molar-refractivity contribution in [1.29, 1.82) is 0 Å². The molecule has 0 saturated heterocycles. The van der Waals surface area contributed by atoms with Crippen LogP contribution in [-0.2, 0) is 37.9 Å². The van der Waals surface area contributed by atoms with Crippen LogP contribution < -0.4 is 0 Å². The SMILES string of the molecule is [Cu].[Fe].[La].[O]=[AlH]. The van der Waals surface area contributed by atoms with Crippen molar-refractivity contribution in [3.8, 4) is 0 Å². The van der Waals surface area contributed by atoms with Crippen LogP contribution in [-0.4, -0.2) is 16.2 Å². The summed E-state index contributed by atoms with van der Waals surface area (Å²) < 4.78 is 8.28. The molecule has 0 saturated carbocycles. The third-order valence-electron chi connectivity index (χ3n) is 0. The Kier molecular flexibility index (Phi) is 158. The van der Waals surface area contributed by atoms with E-state index in [1.54, 1.807) is 0 Å². The van der Waals surface area contributed by atoms with E-state index in [0.717, 1.165) is 0 Å². The fraction of sp³-hybridized carbons (Fsp3) is 0. The maximum absolute atomic E-state index is 8.28. The second-order valence-electron chi connectivity index (χ2n) is 0. The Bertz CT molecular complexity index is 11.6. The fourth-order valence-electron chi connectivity index (χ4n) is 0. The molecule has 0 aliphatic carbocycles. The van der Waals surface area contributed by atoms with Crippen molar-refractivity contribution in [2.45, 2.75) is 0 Å². The predicted octanol–water partition coefficient (Wildman–Crippen LogP) is -0.772. The van der Waals surface area contributed by atoms with E-state index >= 15 is 0 Å². The van der Waals surface area contributed by atoms with E-state index in [-0.39, 0.29) is 69.7 Å². The summed E-state index contributed by atoms with van der Waals surface area (Å²) in [6.07, 6.45) is 0. The number of rotatable bonds is 0. The van der Waals surface area contributed by atoms with Crippen LogP contribution in [0.3, 0.4) is 0 Å². The zero-order valence-electron chi connectivity index (χ0n) is 2.35. The van der Waals surface area contributed by atoms with Crippen molar-refractivity contribution in [2.24, 2.45) is 0 Å². The Labute approximate surface area is 88.2 Å². The molecule has 0 heterocycles. The zero-order chi connectivity index (χ0) is 2.00. The van der Waals surface area contributed by atoms with Crippen molar-refractivity contribution in [3.05, 3.63) is 0 Å². The van der Waals surface area contributed by atoms with Crippen LogP contribution in [0.2, 0.25) is 0 Å². The molecule has 0 spiro atoms. The van der Waals surface area contributed by atoms with E-state index in [2.05, 4.69) is 0 Å². The second kappa shape index (κ2) is 30.9. The Morgan fingerprint density at radius 3 is 1.20 bits per heavy atom. The van der Waals surface area contributed by atoms with Crippen molar-refractivity contribution in [3.63, 3.8) is 0 Å². The van der Waals surface area contributed by atoms with E-state index in [4.69, 9.17) is 3.80 Å². The summed E-state index contributed by atoms with van der Waals surface area (Å²) in [5.41, 5.74) is 0. The molecule has 0 aromatic rings. The first kappa shape index (κ1) is 25.7. The average Bonchev–Trinajstić information content (AvgIpc) is 1.00. The molecule has 0 N–H and O–H groups in total. The topological polar surface area (TPSA) is 17.1 Å². The van der Waals surface area contributed by atoms with E-state index in [0.29, 0.717) is 16.2 Å². The monoisotopic (exact) mass is 302 g/mol. The van der Waals surface area contributed by atoms with Gasteiger partial charge in [0.1, 0.15) is 0 Å². The minimum absolute atomic E-state index is 0. The van der Waals surface area contributed by atoms with Crippen molar-refractivity contribution in [1.82, 2.24) is 0 Å². The average molecular weight is 302 g/mol. The van der Waals surface area contributed by atoms with Gasteiger partial charge in [-0.2, -0.15) is 0 Å². The van der Waals surface area contributed by atoms with Gasteiger partial charge in [-0.1, -0.05) is 0 Å². The molecule has 0 aromatic heterocycles. The van der Waals surface area contributed by atoms with Crippen molar-refractivity contribution < 1.29 is 73.5 Å². The molecule has 5 heavy (non-hydrogen) atoms. The van der Waals surface area contributed by atoms with Gasteiger partial charge in [0.2, 0.25) is 0 Å². The van der Waals surface area contributed by atoms with E-state index in [1.807, 2.05) is 0 Å². The van der Waals surface area contributed by atoms with Gasteiger partial charge in [0, 0.05) is 69.7 Å². The van der Waals surface area contributed by atoms with Gasteiger partial charge in [0.15, 0.2) is 0 Å². The standard InChI is InChI=1S/Al.Cu.Fe.La.O.H. The van der Waals surface area contributed by atoms with Crippen molar-refractivity contribution in [2.75, 3.05) is 0 Å². The van der Waals surface area contributed by atoms with Crippen LogP contribution >= 0.6 is 0 Å². The summed E-state index contributed by atoms with van der Waals surface area (Å²) in [6.45, 7) is 0. The van der Waals surface area contributed by atoms with Crippen LogP contribution in [0.15, 0.2) is 0 Å². The van der Waals surface area contributed by atoms with Crippen LogP contribution in [0.4, 0.5) is 0 Å². The van der Waals surface area contributed by atoms with Gasteiger partial charge in [-0.25, -0.2) is 0 Å². The van der Waals surface area contributed by atoms with Crippen LogP contribution in [0, 0.1) is 35.6 Å². The molecule has 0 fully saturated rings. The van der Waals surface area contributed by atoms with Crippen LogP contribution in [0.25, 0.3) is 0 Å². The van der Waals surface area contributed by atoms with E-state index in [9.17, 15) is 0 Å². The Balaban J connectivity index is -0.00000000167. The van der Waals surface area contributed by atoms with Gasteiger partial charge in [0.25, 0.3) is 0 Å². The number of hydrogen-bond donors (Lipinski definition) is 0. The molecule has 0 bridgehead atoms. The Morgan fingerprint density at radius 1 is 1.20 bits per heavy atom.